The number of rotatable bonds is 5. The molecule has 0 atom stereocenters. The molecule has 0 aliphatic carbocycles. The predicted molar refractivity (Wildman–Crippen MR) is 87.4 cm³/mol. The van der Waals surface area contributed by atoms with Crippen LogP contribution in [0.1, 0.15) is 36.6 Å². The summed E-state index contributed by atoms with van der Waals surface area (Å²) in [5.74, 6) is 1.75. The molecule has 0 radical (unpaired) electrons. The van der Waals surface area contributed by atoms with Gasteiger partial charge in [-0.05, 0) is 49.2 Å². The van der Waals surface area contributed by atoms with E-state index in [9.17, 15) is 0 Å². The predicted octanol–water partition coefficient (Wildman–Crippen LogP) is 4.68. The standard InChI is InChI=1S/C17H21ClN2O/c1-11(2)14-9-16(12(3)8-15(14)18)21-17-7-5-6-13(20-17)10-19-4/h5-9,11,19H,10H2,1-4H3. The highest BCUT2D eigenvalue weighted by Gasteiger charge is 2.11. The molecule has 0 bridgehead atoms. The molecular weight excluding hydrogens is 284 g/mol. The van der Waals surface area contributed by atoms with Gasteiger partial charge in [0.15, 0.2) is 0 Å². The Morgan fingerprint density at radius 1 is 1.29 bits per heavy atom. The van der Waals surface area contributed by atoms with Crippen molar-refractivity contribution in [2.24, 2.45) is 0 Å². The van der Waals surface area contributed by atoms with Crippen LogP contribution in [0.25, 0.3) is 0 Å². The van der Waals surface area contributed by atoms with Crippen molar-refractivity contribution in [1.29, 1.82) is 0 Å². The number of pyridine rings is 1. The van der Waals surface area contributed by atoms with E-state index in [1.807, 2.05) is 44.3 Å². The number of ether oxygens (including phenoxy) is 1. The van der Waals surface area contributed by atoms with E-state index < -0.39 is 0 Å². The minimum atomic E-state index is 0.351. The third kappa shape index (κ3) is 3.96. The minimum absolute atomic E-state index is 0.351. The van der Waals surface area contributed by atoms with Crippen LogP contribution in [0.2, 0.25) is 5.02 Å². The van der Waals surface area contributed by atoms with Crippen LogP contribution in [0.5, 0.6) is 11.6 Å². The maximum atomic E-state index is 6.29. The number of benzene rings is 1. The van der Waals surface area contributed by atoms with Crippen LogP contribution >= 0.6 is 11.6 Å². The zero-order chi connectivity index (χ0) is 15.4. The minimum Gasteiger partial charge on any atom is -0.439 e. The topological polar surface area (TPSA) is 34.1 Å². The number of hydrogen-bond acceptors (Lipinski definition) is 3. The van der Waals surface area contributed by atoms with Gasteiger partial charge in [0.1, 0.15) is 5.75 Å². The lowest BCUT2D eigenvalue weighted by atomic mass is 10.0. The van der Waals surface area contributed by atoms with Gasteiger partial charge in [-0.3, -0.25) is 0 Å². The first-order chi connectivity index (χ1) is 10.0. The van der Waals surface area contributed by atoms with Crippen LogP contribution in [0.4, 0.5) is 0 Å². The number of aromatic nitrogens is 1. The number of nitrogens with one attached hydrogen (secondary N) is 1. The zero-order valence-corrected chi connectivity index (χ0v) is 13.7. The van der Waals surface area contributed by atoms with Gasteiger partial charge in [0, 0.05) is 17.6 Å². The summed E-state index contributed by atoms with van der Waals surface area (Å²) in [4.78, 5) is 4.48. The first kappa shape index (κ1) is 15.8. The Morgan fingerprint density at radius 3 is 2.71 bits per heavy atom. The van der Waals surface area contributed by atoms with Crippen LogP contribution in [0.15, 0.2) is 30.3 Å². The summed E-state index contributed by atoms with van der Waals surface area (Å²) in [6.07, 6.45) is 0. The third-order valence-corrected chi connectivity index (χ3v) is 3.60. The second kappa shape index (κ2) is 6.92. The molecule has 0 spiro atoms. The molecule has 1 aromatic heterocycles. The summed E-state index contributed by atoms with van der Waals surface area (Å²) in [6.45, 7) is 6.94. The lowest BCUT2D eigenvalue weighted by Crippen LogP contribution is -2.07. The molecule has 112 valence electrons. The van der Waals surface area contributed by atoms with Crippen molar-refractivity contribution in [3.05, 3.63) is 52.2 Å². The van der Waals surface area contributed by atoms with Crippen molar-refractivity contribution in [1.82, 2.24) is 10.3 Å². The van der Waals surface area contributed by atoms with Crippen molar-refractivity contribution in [3.8, 4) is 11.6 Å². The van der Waals surface area contributed by atoms with Crippen LogP contribution in [0.3, 0.4) is 0 Å². The molecule has 1 N–H and O–H groups in total. The fourth-order valence-electron chi connectivity index (χ4n) is 2.13. The number of nitrogens with zero attached hydrogens (tertiary/aromatic N) is 1. The summed E-state index contributed by atoms with van der Waals surface area (Å²) < 4.78 is 5.94. The smallest absolute Gasteiger partial charge is 0.219 e. The van der Waals surface area contributed by atoms with Gasteiger partial charge in [-0.1, -0.05) is 31.5 Å². The van der Waals surface area contributed by atoms with Crippen molar-refractivity contribution >= 4 is 11.6 Å². The summed E-state index contributed by atoms with van der Waals surface area (Å²) >= 11 is 6.29. The molecular formula is C17H21ClN2O. The molecule has 0 unspecified atom stereocenters. The largest absolute Gasteiger partial charge is 0.439 e. The lowest BCUT2D eigenvalue weighted by molar-refractivity contribution is 0.455. The van der Waals surface area contributed by atoms with Gasteiger partial charge in [-0.2, -0.15) is 0 Å². The molecule has 3 nitrogen and oxygen atoms in total. The van der Waals surface area contributed by atoms with Crippen molar-refractivity contribution in [2.75, 3.05) is 7.05 Å². The summed E-state index contributed by atoms with van der Waals surface area (Å²) in [7, 11) is 1.90. The Morgan fingerprint density at radius 2 is 2.05 bits per heavy atom. The second-order valence-electron chi connectivity index (χ2n) is 5.39. The molecule has 21 heavy (non-hydrogen) atoms. The van der Waals surface area contributed by atoms with Gasteiger partial charge in [0.05, 0.1) is 5.69 Å². The Balaban J connectivity index is 2.30. The van der Waals surface area contributed by atoms with Gasteiger partial charge in [0.2, 0.25) is 5.88 Å². The van der Waals surface area contributed by atoms with E-state index in [-0.39, 0.29) is 0 Å². The Kier molecular flexibility index (Phi) is 5.21. The molecule has 0 aliphatic heterocycles. The maximum Gasteiger partial charge on any atom is 0.219 e. The van der Waals surface area contributed by atoms with Crippen molar-refractivity contribution in [3.63, 3.8) is 0 Å². The van der Waals surface area contributed by atoms with Gasteiger partial charge in [-0.15, -0.1) is 0 Å². The van der Waals surface area contributed by atoms with Gasteiger partial charge in [-0.25, -0.2) is 4.98 Å². The highest BCUT2D eigenvalue weighted by molar-refractivity contribution is 6.31. The highest BCUT2D eigenvalue weighted by Crippen LogP contribution is 2.33. The second-order valence-corrected chi connectivity index (χ2v) is 5.80. The molecule has 0 saturated carbocycles. The Hall–Kier alpha value is -1.58. The molecule has 2 rings (SSSR count). The lowest BCUT2D eigenvalue weighted by Gasteiger charge is -2.14. The Bertz CT molecular complexity index is 626. The summed E-state index contributed by atoms with van der Waals surface area (Å²) in [6, 6.07) is 9.74. The third-order valence-electron chi connectivity index (χ3n) is 3.27. The molecule has 0 amide bonds. The van der Waals surface area contributed by atoms with Crippen LogP contribution in [0, 0.1) is 6.92 Å². The Labute approximate surface area is 131 Å². The highest BCUT2D eigenvalue weighted by atomic mass is 35.5. The van der Waals surface area contributed by atoms with E-state index in [4.69, 9.17) is 16.3 Å². The average Bonchev–Trinajstić information content (AvgIpc) is 2.42. The quantitative estimate of drug-likeness (QED) is 0.871. The van der Waals surface area contributed by atoms with E-state index in [1.165, 1.54) is 0 Å². The molecule has 0 aliphatic rings. The number of aryl methyl sites for hydroxylation is 1. The van der Waals surface area contributed by atoms with Gasteiger partial charge >= 0.3 is 0 Å². The molecule has 2 aromatic rings. The van der Waals surface area contributed by atoms with Crippen molar-refractivity contribution in [2.45, 2.75) is 33.2 Å². The molecule has 0 fully saturated rings. The zero-order valence-electron chi connectivity index (χ0n) is 12.9. The van der Waals surface area contributed by atoms with E-state index in [1.54, 1.807) is 0 Å². The van der Waals surface area contributed by atoms with Crippen LogP contribution in [-0.4, -0.2) is 12.0 Å². The first-order valence-electron chi connectivity index (χ1n) is 7.09. The molecule has 1 aromatic carbocycles. The number of hydrogen-bond donors (Lipinski definition) is 1. The van der Waals surface area contributed by atoms with E-state index >= 15 is 0 Å². The van der Waals surface area contributed by atoms with Crippen LogP contribution < -0.4 is 10.1 Å². The average molecular weight is 305 g/mol. The molecule has 1 heterocycles. The normalized spacial score (nSPS) is 11.0. The summed E-state index contributed by atoms with van der Waals surface area (Å²) in [5.41, 5.74) is 3.04. The van der Waals surface area contributed by atoms with Crippen LogP contribution in [-0.2, 0) is 6.54 Å². The van der Waals surface area contributed by atoms with Gasteiger partial charge < -0.3 is 10.1 Å². The van der Waals surface area contributed by atoms with E-state index in [0.29, 0.717) is 18.3 Å². The van der Waals surface area contributed by atoms with Crippen molar-refractivity contribution < 1.29 is 4.74 Å². The first-order valence-corrected chi connectivity index (χ1v) is 7.47. The number of halogens is 1. The maximum absolute atomic E-state index is 6.29. The fraction of sp³-hybridized carbons (Fsp3) is 0.353. The van der Waals surface area contributed by atoms with E-state index in [0.717, 1.165) is 27.6 Å². The fourth-order valence-corrected chi connectivity index (χ4v) is 2.56. The van der Waals surface area contributed by atoms with Gasteiger partial charge in [0.25, 0.3) is 0 Å². The molecule has 4 heteroatoms. The molecule has 0 saturated heterocycles. The SMILES string of the molecule is CNCc1cccc(Oc2cc(C(C)C)c(Cl)cc2C)n1. The van der Waals surface area contributed by atoms with E-state index in [2.05, 4.69) is 24.1 Å². The summed E-state index contributed by atoms with van der Waals surface area (Å²) in [5, 5.41) is 3.87. The monoisotopic (exact) mass is 304 g/mol.